The molecule has 20 heavy (non-hydrogen) atoms. The summed E-state index contributed by atoms with van der Waals surface area (Å²) in [7, 11) is 0. The van der Waals surface area contributed by atoms with Crippen LogP contribution in [0.15, 0.2) is 18.2 Å². The van der Waals surface area contributed by atoms with Crippen LogP contribution in [-0.2, 0) is 14.3 Å². The molecule has 2 atom stereocenters. The quantitative estimate of drug-likeness (QED) is 0.794. The van der Waals surface area contributed by atoms with Crippen molar-refractivity contribution in [1.29, 1.82) is 0 Å². The monoisotopic (exact) mass is 277 g/mol. The van der Waals surface area contributed by atoms with Gasteiger partial charge in [0.15, 0.2) is 0 Å². The Bertz CT molecular complexity index is 494. The van der Waals surface area contributed by atoms with Gasteiger partial charge in [0, 0.05) is 24.8 Å². The topological polar surface area (TPSA) is 66.8 Å². The molecule has 2 saturated heterocycles. The lowest BCUT2D eigenvalue weighted by Crippen LogP contribution is -2.31. The van der Waals surface area contributed by atoms with Gasteiger partial charge in [-0.3, -0.25) is 9.59 Å². The standard InChI is InChI=1S/C14H17NO2.CH2O2/c1-9-4-3-5-10(2)12(9)15-8-11-6-7-17-13(11)14(15)16;2-1-3/h3-5,11,13H,6-8H2,1-2H3;1H,(H,2,3). The number of hydrogen-bond donors (Lipinski definition) is 1. The smallest absolute Gasteiger partial charge is 0.290 e. The number of nitrogens with zero attached hydrogens (tertiary/aromatic N) is 1. The maximum atomic E-state index is 12.3. The number of hydrogen-bond acceptors (Lipinski definition) is 3. The van der Waals surface area contributed by atoms with E-state index in [1.54, 1.807) is 0 Å². The van der Waals surface area contributed by atoms with Crippen LogP contribution in [0.4, 0.5) is 5.69 Å². The van der Waals surface area contributed by atoms with Gasteiger partial charge in [-0.1, -0.05) is 18.2 Å². The van der Waals surface area contributed by atoms with E-state index in [4.69, 9.17) is 14.6 Å². The number of para-hydroxylation sites is 1. The van der Waals surface area contributed by atoms with E-state index in [0.29, 0.717) is 5.92 Å². The minimum Gasteiger partial charge on any atom is -0.483 e. The Hall–Kier alpha value is -1.88. The molecule has 2 unspecified atom stereocenters. The average Bonchev–Trinajstić information content (AvgIpc) is 2.95. The molecule has 2 aliphatic rings. The Balaban J connectivity index is 0.000000452. The van der Waals surface area contributed by atoms with E-state index in [2.05, 4.69) is 26.0 Å². The summed E-state index contributed by atoms with van der Waals surface area (Å²) in [5, 5.41) is 6.89. The predicted molar refractivity (Wildman–Crippen MR) is 74.8 cm³/mol. The van der Waals surface area contributed by atoms with Crippen molar-refractivity contribution in [2.24, 2.45) is 5.92 Å². The van der Waals surface area contributed by atoms with Crippen LogP contribution in [0.2, 0.25) is 0 Å². The molecule has 108 valence electrons. The zero-order chi connectivity index (χ0) is 14.7. The van der Waals surface area contributed by atoms with Crippen molar-refractivity contribution in [2.45, 2.75) is 26.4 Å². The lowest BCUT2D eigenvalue weighted by atomic mass is 10.1. The number of carbonyl (C=O) groups is 2. The van der Waals surface area contributed by atoms with Crippen molar-refractivity contribution in [3.63, 3.8) is 0 Å². The molecular formula is C15H19NO4. The van der Waals surface area contributed by atoms with Crippen LogP contribution in [0.25, 0.3) is 0 Å². The van der Waals surface area contributed by atoms with Crippen LogP contribution in [-0.4, -0.2) is 36.7 Å². The number of benzene rings is 1. The lowest BCUT2D eigenvalue weighted by Gasteiger charge is -2.22. The molecule has 0 saturated carbocycles. The first kappa shape index (κ1) is 14.5. The molecule has 0 radical (unpaired) electrons. The van der Waals surface area contributed by atoms with Crippen molar-refractivity contribution < 1.29 is 19.4 Å². The summed E-state index contributed by atoms with van der Waals surface area (Å²) in [6.07, 6.45) is 0.826. The van der Waals surface area contributed by atoms with Crippen LogP contribution in [0, 0.1) is 19.8 Å². The molecular weight excluding hydrogens is 258 g/mol. The minimum absolute atomic E-state index is 0.143. The molecule has 1 amide bonds. The van der Waals surface area contributed by atoms with Gasteiger partial charge < -0.3 is 14.7 Å². The maximum Gasteiger partial charge on any atom is 0.290 e. The number of amides is 1. The molecule has 0 aliphatic carbocycles. The highest BCUT2D eigenvalue weighted by Crippen LogP contribution is 2.35. The fraction of sp³-hybridized carbons (Fsp3) is 0.467. The van der Waals surface area contributed by atoms with Gasteiger partial charge >= 0.3 is 0 Å². The van der Waals surface area contributed by atoms with Crippen LogP contribution < -0.4 is 4.90 Å². The van der Waals surface area contributed by atoms with E-state index >= 15 is 0 Å². The second kappa shape index (κ2) is 6.05. The highest BCUT2D eigenvalue weighted by Gasteiger charge is 2.45. The molecule has 2 fully saturated rings. The summed E-state index contributed by atoms with van der Waals surface area (Å²) in [5.74, 6) is 0.534. The molecule has 1 aromatic rings. The van der Waals surface area contributed by atoms with Crippen molar-refractivity contribution in [3.05, 3.63) is 29.3 Å². The van der Waals surface area contributed by atoms with Crippen molar-refractivity contribution >= 4 is 18.1 Å². The largest absolute Gasteiger partial charge is 0.483 e. The Morgan fingerprint density at radius 1 is 1.35 bits per heavy atom. The highest BCUT2D eigenvalue weighted by atomic mass is 16.5. The maximum absolute atomic E-state index is 12.3. The van der Waals surface area contributed by atoms with Gasteiger partial charge in [0.05, 0.1) is 0 Å². The van der Waals surface area contributed by atoms with Crippen LogP contribution in [0.3, 0.4) is 0 Å². The molecule has 1 N–H and O–H groups in total. The van der Waals surface area contributed by atoms with E-state index < -0.39 is 0 Å². The van der Waals surface area contributed by atoms with E-state index in [1.807, 2.05) is 11.0 Å². The van der Waals surface area contributed by atoms with Crippen molar-refractivity contribution in [1.82, 2.24) is 0 Å². The molecule has 2 heterocycles. The third-order valence-corrected chi connectivity index (χ3v) is 3.85. The molecule has 0 spiro atoms. The fourth-order valence-corrected chi connectivity index (χ4v) is 3.00. The number of rotatable bonds is 1. The van der Waals surface area contributed by atoms with Gasteiger partial charge in [-0.05, 0) is 31.4 Å². The zero-order valence-electron chi connectivity index (χ0n) is 11.7. The van der Waals surface area contributed by atoms with E-state index in [1.165, 1.54) is 11.1 Å². The number of ether oxygens (including phenoxy) is 1. The number of aryl methyl sites for hydroxylation is 2. The minimum atomic E-state index is -0.250. The second-order valence-electron chi connectivity index (χ2n) is 5.13. The average molecular weight is 277 g/mol. The summed E-state index contributed by atoms with van der Waals surface area (Å²) in [5.41, 5.74) is 3.41. The van der Waals surface area contributed by atoms with Crippen molar-refractivity contribution in [3.8, 4) is 0 Å². The van der Waals surface area contributed by atoms with Gasteiger partial charge in [0.1, 0.15) is 6.10 Å². The Kier molecular flexibility index (Phi) is 4.39. The summed E-state index contributed by atoms with van der Waals surface area (Å²) >= 11 is 0. The normalized spacial score (nSPS) is 24.1. The van der Waals surface area contributed by atoms with Crippen LogP contribution in [0.5, 0.6) is 0 Å². The van der Waals surface area contributed by atoms with E-state index in [-0.39, 0.29) is 18.5 Å². The fourth-order valence-electron chi connectivity index (χ4n) is 3.00. The van der Waals surface area contributed by atoms with Crippen LogP contribution in [0.1, 0.15) is 17.5 Å². The SMILES string of the molecule is Cc1cccc(C)c1N1CC2CCOC2C1=O.O=CO. The van der Waals surface area contributed by atoms with Crippen molar-refractivity contribution in [2.75, 3.05) is 18.1 Å². The first-order valence-corrected chi connectivity index (χ1v) is 6.67. The number of carboxylic acid groups (broad SMARTS) is 1. The molecule has 0 aromatic heterocycles. The first-order chi connectivity index (χ1) is 9.60. The number of anilines is 1. The van der Waals surface area contributed by atoms with Gasteiger partial charge in [0.25, 0.3) is 12.4 Å². The number of fused-ring (bicyclic) bond motifs is 1. The third-order valence-electron chi connectivity index (χ3n) is 3.85. The molecule has 3 rings (SSSR count). The van der Waals surface area contributed by atoms with Gasteiger partial charge in [-0.25, -0.2) is 0 Å². The molecule has 5 heteroatoms. The van der Waals surface area contributed by atoms with Gasteiger partial charge in [-0.15, -0.1) is 0 Å². The Labute approximate surface area is 118 Å². The zero-order valence-corrected chi connectivity index (χ0v) is 11.7. The summed E-state index contributed by atoms with van der Waals surface area (Å²) in [4.78, 5) is 22.6. The predicted octanol–water partition coefficient (Wildman–Crippen LogP) is 1.76. The third kappa shape index (κ3) is 2.54. The van der Waals surface area contributed by atoms with E-state index in [0.717, 1.165) is 25.3 Å². The molecule has 5 nitrogen and oxygen atoms in total. The summed E-state index contributed by atoms with van der Waals surface area (Å²) in [6, 6.07) is 6.15. The molecule has 1 aromatic carbocycles. The van der Waals surface area contributed by atoms with Gasteiger partial charge in [0.2, 0.25) is 0 Å². The first-order valence-electron chi connectivity index (χ1n) is 6.67. The highest BCUT2D eigenvalue weighted by molar-refractivity contribution is 6.00. The molecule has 0 bridgehead atoms. The van der Waals surface area contributed by atoms with E-state index in [9.17, 15) is 4.79 Å². The number of carbonyl (C=O) groups excluding carboxylic acids is 1. The lowest BCUT2D eigenvalue weighted by molar-refractivity contribution is -0.125. The summed E-state index contributed by atoms with van der Waals surface area (Å²) < 4.78 is 5.53. The Morgan fingerprint density at radius 2 is 1.95 bits per heavy atom. The Morgan fingerprint density at radius 3 is 2.50 bits per heavy atom. The second-order valence-corrected chi connectivity index (χ2v) is 5.13. The van der Waals surface area contributed by atoms with Crippen LogP contribution >= 0.6 is 0 Å². The van der Waals surface area contributed by atoms with Gasteiger partial charge in [-0.2, -0.15) is 0 Å². The summed E-state index contributed by atoms with van der Waals surface area (Å²) in [6.45, 7) is 5.42. The molecule has 2 aliphatic heterocycles.